The van der Waals surface area contributed by atoms with Crippen molar-refractivity contribution in [2.45, 2.75) is 24.1 Å². The molecule has 0 bridgehead atoms. The number of hydrogen-bond donors (Lipinski definition) is 2. The average molecular weight is 438 g/mol. The number of hydrogen-bond acceptors (Lipinski definition) is 5. The van der Waals surface area contributed by atoms with Gasteiger partial charge in [0, 0.05) is 24.4 Å². The zero-order chi connectivity index (χ0) is 21.8. The van der Waals surface area contributed by atoms with Crippen LogP contribution in [0.15, 0.2) is 60.8 Å². The van der Waals surface area contributed by atoms with E-state index in [4.69, 9.17) is 4.74 Å². The van der Waals surface area contributed by atoms with E-state index >= 15 is 0 Å². The molecular weight excluding hydrogens is 410 g/mol. The van der Waals surface area contributed by atoms with Gasteiger partial charge in [0.25, 0.3) is 5.91 Å². The second-order valence-corrected chi connectivity index (χ2v) is 8.51. The van der Waals surface area contributed by atoms with Gasteiger partial charge in [0.1, 0.15) is 5.56 Å². The van der Waals surface area contributed by atoms with Crippen LogP contribution in [0.3, 0.4) is 0 Å². The number of carbonyl (C=O) groups excluding carboxylic acids is 1. The summed E-state index contributed by atoms with van der Waals surface area (Å²) in [4.78, 5) is 15.2. The Balaban J connectivity index is 1.57. The topological polar surface area (TPSA) is 68.5 Å². The zero-order valence-electron chi connectivity index (χ0n) is 17.5. The van der Waals surface area contributed by atoms with E-state index in [2.05, 4.69) is 48.3 Å². The minimum atomic E-state index is -0.165. The van der Waals surface area contributed by atoms with E-state index in [9.17, 15) is 10.0 Å². The first kappa shape index (κ1) is 21.5. The highest BCUT2D eigenvalue weighted by Crippen LogP contribution is 2.21. The summed E-state index contributed by atoms with van der Waals surface area (Å²) in [6, 6.07) is 17.8. The molecule has 162 valence electrons. The van der Waals surface area contributed by atoms with Crippen molar-refractivity contribution >= 4 is 29.3 Å². The van der Waals surface area contributed by atoms with Crippen molar-refractivity contribution in [1.29, 1.82) is 0 Å². The zero-order valence-corrected chi connectivity index (χ0v) is 18.4. The molecule has 1 aromatic heterocycles. The van der Waals surface area contributed by atoms with Gasteiger partial charge in [-0.3, -0.25) is 4.79 Å². The number of fused-ring (bicyclic) bond motifs is 1. The molecule has 1 N–H and O–H groups in total. The van der Waals surface area contributed by atoms with Crippen molar-refractivity contribution in [3.63, 3.8) is 0 Å². The van der Waals surface area contributed by atoms with Gasteiger partial charge in [-0.1, -0.05) is 42.5 Å². The molecule has 1 aliphatic rings. The fourth-order valence-electron chi connectivity index (χ4n) is 4.15. The number of nitrogens with one attached hydrogen (secondary N) is 1. The Morgan fingerprint density at radius 2 is 2.03 bits per heavy atom. The van der Waals surface area contributed by atoms with Gasteiger partial charge in [0.2, 0.25) is 0 Å². The fourth-order valence-corrected chi connectivity index (χ4v) is 4.48. The first-order chi connectivity index (χ1) is 15.1. The summed E-state index contributed by atoms with van der Waals surface area (Å²) in [7, 11) is 1.43. The molecular formula is C24H27N3O3S. The van der Waals surface area contributed by atoms with Gasteiger partial charge in [0.15, 0.2) is 6.20 Å². The Morgan fingerprint density at radius 1 is 1.23 bits per heavy atom. The lowest BCUT2D eigenvalue weighted by Crippen LogP contribution is -2.45. The van der Waals surface area contributed by atoms with Crippen LogP contribution >= 0.6 is 12.6 Å². The predicted molar refractivity (Wildman–Crippen MR) is 125 cm³/mol. The number of amides is 1. The van der Waals surface area contributed by atoms with E-state index < -0.39 is 0 Å². The minimum absolute atomic E-state index is 0.123. The molecule has 4 rings (SSSR count). The Kier molecular flexibility index (Phi) is 6.63. The lowest BCUT2D eigenvalue weighted by molar-refractivity contribution is -0.612. The van der Waals surface area contributed by atoms with Gasteiger partial charge < -0.3 is 20.2 Å². The van der Waals surface area contributed by atoms with Gasteiger partial charge in [-0.25, -0.2) is 0 Å². The monoisotopic (exact) mass is 437 g/mol. The lowest BCUT2D eigenvalue weighted by atomic mass is 10.0. The van der Waals surface area contributed by atoms with E-state index in [1.54, 1.807) is 6.07 Å². The maximum atomic E-state index is 13.4. The lowest BCUT2D eigenvalue weighted by Gasteiger charge is -2.27. The maximum absolute atomic E-state index is 13.4. The largest absolute Gasteiger partial charge is 0.616 e. The molecule has 6 nitrogen and oxygen atoms in total. The summed E-state index contributed by atoms with van der Waals surface area (Å²) in [5.74, 6) is -0.00606. The minimum Gasteiger partial charge on any atom is -0.616 e. The van der Waals surface area contributed by atoms with Crippen LogP contribution in [0.25, 0.3) is 10.8 Å². The third kappa shape index (κ3) is 4.78. The number of carbonyl (C=O) groups is 1. The number of ether oxygens (including phenoxy) is 1. The van der Waals surface area contributed by atoms with Crippen molar-refractivity contribution in [3.05, 3.63) is 77.1 Å². The van der Waals surface area contributed by atoms with Gasteiger partial charge in [-0.2, -0.15) is 12.6 Å². The highest BCUT2D eigenvalue weighted by molar-refractivity contribution is 7.81. The van der Waals surface area contributed by atoms with Gasteiger partial charge in [-0.15, -0.1) is 4.73 Å². The molecule has 2 aromatic carbocycles. The number of thiol groups is 1. The SMILES string of the molecule is COc1ccc(C(=O)N(CCc2cccc3ccccc23)C[C@H]2NCC[C@H]2S)c[n+]1[O-]. The second kappa shape index (κ2) is 9.58. The van der Waals surface area contributed by atoms with Crippen LogP contribution in [0.5, 0.6) is 5.88 Å². The predicted octanol–water partition coefficient (Wildman–Crippen LogP) is 2.83. The van der Waals surface area contributed by atoms with E-state index in [0.717, 1.165) is 19.4 Å². The molecule has 0 unspecified atom stereocenters. The highest BCUT2D eigenvalue weighted by Gasteiger charge is 2.29. The number of pyridine rings is 1. The van der Waals surface area contributed by atoms with Crippen LogP contribution in [-0.2, 0) is 6.42 Å². The molecule has 2 heterocycles. The number of methoxy groups -OCH3 is 1. The maximum Gasteiger partial charge on any atom is 0.379 e. The molecule has 3 aromatic rings. The average Bonchev–Trinajstić information content (AvgIpc) is 3.20. The molecule has 0 radical (unpaired) electrons. The van der Waals surface area contributed by atoms with Crippen molar-refractivity contribution < 1.29 is 14.3 Å². The number of aromatic nitrogens is 1. The Labute approximate surface area is 187 Å². The van der Waals surface area contributed by atoms with Crippen LogP contribution in [0, 0.1) is 5.21 Å². The molecule has 7 heteroatoms. The number of rotatable bonds is 7. The Morgan fingerprint density at radius 3 is 2.77 bits per heavy atom. The van der Waals surface area contributed by atoms with Crippen molar-refractivity contribution in [2.75, 3.05) is 26.7 Å². The first-order valence-electron chi connectivity index (χ1n) is 10.5. The summed E-state index contributed by atoms with van der Waals surface area (Å²) >= 11 is 4.68. The summed E-state index contributed by atoms with van der Waals surface area (Å²) < 4.78 is 5.60. The third-order valence-corrected chi connectivity index (χ3v) is 6.50. The van der Waals surface area contributed by atoms with Crippen molar-refractivity contribution in [2.24, 2.45) is 0 Å². The fraction of sp³-hybridized carbons (Fsp3) is 0.333. The van der Waals surface area contributed by atoms with Crippen molar-refractivity contribution in [3.8, 4) is 5.88 Å². The highest BCUT2D eigenvalue weighted by atomic mass is 32.1. The van der Waals surface area contributed by atoms with Crippen molar-refractivity contribution in [1.82, 2.24) is 10.2 Å². The van der Waals surface area contributed by atoms with E-state index in [1.807, 2.05) is 17.0 Å². The Bertz CT molecular complexity index is 1070. The summed E-state index contributed by atoms with van der Waals surface area (Å²) in [6.45, 7) is 1.99. The Hall–Kier alpha value is -2.77. The summed E-state index contributed by atoms with van der Waals surface area (Å²) in [6.07, 6.45) is 2.99. The van der Waals surface area contributed by atoms with Crippen LogP contribution in [0.4, 0.5) is 0 Å². The number of nitrogens with zero attached hydrogens (tertiary/aromatic N) is 2. The smallest absolute Gasteiger partial charge is 0.379 e. The van der Waals surface area contributed by atoms with E-state index in [0.29, 0.717) is 23.4 Å². The summed E-state index contributed by atoms with van der Waals surface area (Å²) in [5.41, 5.74) is 1.55. The van der Waals surface area contributed by atoms with Crippen LogP contribution in [-0.4, -0.2) is 48.8 Å². The van der Waals surface area contributed by atoms with Gasteiger partial charge in [-0.05, 0) is 41.8 Å². The van der Waals surface area contributed by atoms with Gasteiger partial charge >= 0.3 is 5.88 Å². The quantitative estimate of drug-likeness (QED) is 0.339. The standard InChI is InChI=1S/C24H27N3O3S/c1-30-23-10-9-19(15-27(23)29)24(28)26(16-21-22(31)11-13-25-21)14-12-18-7-4-6-17-5-2-3-8-20(17)18/h2-10,15,21-22,25,31H,11-14,16H2,1H3/t21-,22-/m1/s1. The normalized spacial score (nSPS) is 18.3. The molecule has 31 heavy (non-hydrogen) atoms. The van der Waals surface area contributed by atoms with Crippen LogP contribution < -0.4 is 14.8 Å². The number of benzene rings is 2. The molecule has 1 amide bonds. The van der Waals surface area contributed by atoms with E-state index in [1.165, 1.54) is 35.7 Å². The third-order valence-electron chi connectivity index (χ3n) is 5.88. The van der Waals surface area contributed by atoms with E-state index in [-0.39, 0.29) is 23.1 Å². The van der Waals surface area contributed by atoms with Crippen LogP contribution in [0.2, 0.25) is 0 Å². The molecule has 1 saturated heterocycles. The molecule has 0 saturated carbocycles. The van der Waals surface area contributed by atoms with Crippen LogP contribution in [0.1, 0.15) is 22.3 Å². The first-order valence-corrected chi connectivity index (χ1v) is 11.0. The molecule has 2 atom stereocenters. The summed E-state index contributed by atoms with van der Waals surface area (Å²) in [5, 5.41) is 18.1. The molecule has 1 aliphatic heterocycles. The molecule has 1 fully saturated rings. The molecule has 0 spiro atoms. The second-order valence-electron chi connectivity index (χ2n) is 7.84. The van der Waals surface area contributed by atoms with Gasteiger partial charge in [0.05, 0.1) is 13.2 Å². The molecule has 0 aliphatic carbocycles.